The highest BCUT2D eigenvalue weighted by atomic mass is 15.3. The number of fused-ring (bicyclic) bond motifs is 3. The molecular formula is C26H35N5. The molecule has 1 fully saturated rings. The SMILES string of the molecule is CCCCCCCCc1c(C)c(C#N)c2nc3ccccc3n2c1N1CCN(C)CC1. The van der Waals surface area contributed by atoms with Crippen molar-refractivity contribution in [3.63, 3.8) is 0 Å². The third-order valence-electron chi connectivity index (χ3n) is 6.79. The van der Waals surface area contributed by atoms with Gasteiger partial charge in [-0.2, -0.15) is 5.26 Å². The van der Waals surface area contributed by atoms with Crippen molar-refractivity contribution in [3.8, 4) is 6.07 Å². The van der Waals surface area contributed by atoms with Gasteiger partial charge < -0.3 is 9.80 Å². The molecule has 0 saturated carbocycles. The molecule has 0 spiro atoms. The van der Waals surface area contributed by atoms with Gasteiger partial charge in [0, 0.05) is 26.2 Å². The number of hydrogen-bond donors (Lipinski definition) is 0. The molecule has 4 rings (SSSR count). The van der Waals surface area contributed by atoms with E-state index in [0.717, 1.165) is 60.4 Å². The Morgan fingerprint density at radius 3 is 2.45 bits per heavy atom. The zero-order valence-electron chi connectivity index (χ0n) is 19.3. The molecule has 0 unspecified atom stereocenters. The Bertz CT molecular complexity index is 1080. The summed E-state index contributed by atoms with van der Waals surface area (Å²) in [6.07, 6.45) is 8.70. The van der Waals surface area contributed by atoms with E-state index >= 15 is 0 Å². The fourth-order valence-electron chi connectivity index (χ4n) is 4.90. The number of aromatic nitrogens is 2. The lowest BCUT2D eigenvalue weighted by Crippen LogP contribution is -2.45. The first kappa shape index (κ1) is 21.6. The van der Waals surface area contributed by atoms with Crippen molar-refractivity contribution in [3.05, 3.63) is 41.0 Å². The summed E-state index contributed by atoms with van der Waals surface area (Å²) in [7, 11) is 2.20. The van der Waals surface area contributed by atoms with Gasteiger partial charge in [-0.3, -0.25) is 4.40 Å². The number of benzene rings is 1. The monoisotopic (exact) mass is 417 g/mol. The van der Waals surface area contributed by atoms with Gasteiger partial charge in [0.2, 0.25) is 0 Å². The zero-order chi connectivity index (χ0) is 21.8. The molecule has 164 valence electrons. The van der Waals surface area contributed by atoms with E-state index < -0.39 is 0 Å². The second-order valence-electron chi connectivity index (χ2n) is 8.98. The molecule has 5 nitrogen and oxygen atoms in total. The van der Waals surface area contributed by atoms with Crippen molar-refractivity contribution in [1.82, 2.24) is 14.3 Å². The van der Waals surface area contributed by atoms with E-state index in [1.807, 2.05) is 6.07 Å². The van der Waals surface area contributed by atoms with Crippen LogP contribution in [0.1, 0.15) is 62.1 Å². The van der Waals surface area contributed by atoms with Crippen LogP contribution >= 0.6 is 0 Å². The van der Waals surface area contributed by atoms with E-state index in [-0.39, 0.29) is 0 Å². The highest BCUT2D eigenvalue weighted by Crippen LogP contribution is 2.34. The lowest BCUT2D eigenvalue weighted by atomic mass is 9.97. The summed E-state index contributed by atoms with van der Waals surface area (Å²) in [5.41, 5.74) is 6.06. The van der Waals surface area contributed by atoms with Crippen LogP contribution in [0.25, 0.3) is 16.7 Å². The van der Waals surface area contributed by atoms with E-state index in [2.05, 4.69) is 59.4 Å². The maximum atomic E-state index is 10.0. The molecule has 31 heavy (non-hydrogen) atoms. The summed E-state index contributed by atoms with van der Waals surface area (Å²) in [6, 6.07) is 10.8. The van der Waals surface area contributed by atoms with Gasteiger partial charge in [0.25, 0.3) is 0 Å². The van der Waals surface area contributed by atoms with Crippen LogP contribution in [0, 0.1) is 18.3 Å². The van der Waals surface area contributed by atoms with Crippen LogP contribution in [0.3, 0.4) is 0 Å². The number of piperazine rings is 1. The highest BCUT2D eigenvalue weighted by molar-refractivity contribution is 5.86. The molecule has 0 amide bonds. The Morgan fingerprint density at radius 1 is 1.00 bits per heavy atom. The number of nitriles is 1. The molecule has 3 aromatic rings. The lowest BCUT2D eigenvalue weighted by Gasteiger charge is -2.36. The molecule has 1 saturated heterocycles. The van der Waals surface area contributed by atoms with Crippen molar-refractivity contribution in [1.29, 1.82) is 5.26 Å². The van der Waals surface area contributed by atoms with Crippen molar-refractivity contribution < 1.29 is 0 Å². The number of rotatable bonds is 8. The van der Waals surface area contributed by atoms with Gasteiger partial charge >= 0.3 is 0 Å². The molecule has 5 heteroatoms. The van der Waals surface area contributed by atoms with E-state index in [4.69, 9.17) is 4.98 Å². The fraction of sp³-hybridized carbons (Fsp3) is 0.538. The summed E-state index contributed by atoms with van der Waals surface area (Å²) in [5, 5.41) is 10.0. The Labute approximate surface area is 186 Å². The molecule has 0 atom stereocenters. The van der Waals surface area contributed by atoms with Gasteiger partial charge in [-0.05, 0) is 50.1 Å². The standard InChI is InChI=1S/C26H35N5/c1-4-5-6-7-8-9-12-21-20(2)22(19-27)25-28-23-13-10-11-14-24(23)31(25)26(21)30-17-15-29(3)16-18-30/h10-11,13-14H,4-9,12,15-18H2,1-3H3. The van der Waals surface area contributed by atoms with Crippen molar-refractivity contribution in [2.75, 3.05) is 38.1 Å². The molecule has 0 bridgehead atoms. The van der Waals surface area contributed by atoms with Crippen molar-refractivity contribution in [2.24, 2.45) is 0 Å². The summed E-state index contributed by atoms with van der Waals surface area (Å²) in [4.78, 5) is 9.81. The first-order chi connectivity index (χ1) is 15.2. The van der Waals surface area contributed by atoms with Gasteiger partial charge in [0.1, 0.15) is 11.9 Å². The second-order valence-corrected chi connectivity index (χ2v) is 8.98. The Morgan fingerprint density at radius 2 is 1.71 bits per heavy atom. The number of nitrogens with zero attached hydrogens (tertiary/aromatic N) is 5. The quantitative estimate of drug-likeness (QED) is 0.465. The minimum absolute atomic E-state index is 0.732. The molecule has 2 aromatic heterocycles. The predicted octanol–water partition coefficient (Wildman–Crippen LogP) is 5.32. The largest absolute Gasteiger partial charge is 0.355 e. The van der Waals surface area contributed by atoms with Crippen molar-refractivity contribution >= 4 is 22.5 Å². The minimum atomic E-state index is 0.732. The van der Waals surface area contributed by atoms with Gasteiger partial charge in [0.15, 0.2) is 5.65 Å². The molecular weight excluding hydrogens is 382 g/mol. The number of hydrogen-bond acceptors (Lipinski definition) is 4. The van der Waals surface area contributed by atoms with Crippen LogP contribution in [0.2, 0.25) is 0 Å². The maximum Gasteiger partial charge on any atom is 0.157 e. The molecule has 3 heterocycles. The average molecular weight is 418 g/mol. The fourth-order valence-corrected chi connectivity index (χ4v) is 4.90. The third kappa shape index (κ3) is 4.27. The Balaban J connectivity index is 1.81. The normalized spacial score (nSPS) is 15.1. The third-order valence-corrected chi connectivity index (χ3v) is 6.79. The summed E-state index contributed by atoms with van der Waals surface area (Å²) in [5.74, 6) is 1.27. The van der Waals surface area contributed by atoms with Crippen LogP contribution < -0.4 is 4.90 Å². The topological polar surface area (TPSA) is 47.6 Å². The van der Waals surface area contributed by atoms with E-state index in [1.54, 1.807) is 0 Å². The highest BCUT2D eigenvalue weighted by Gasteiger charge is 2.25. The van der Waals surface area contributed by atoms with Crippen LogP contribution in [0.15, 0.2) is 24.3 Å². The van der Waals surface area contributed by atoms with Gasteiger partial charge in [-0.25, -0.2) is 4.98 Å². The van der Waals surface area contributed by atoms with Gasteiger partial charge in [-0.1, -0.05) is 51.2 Å². The van der Waals surface area contributed by atoms with Crippen LogP contribution in [0.5, 0.6) is 0 Å². The Hall–Kier alpha value is -2.58. The average Bonchev–Trinajstić information content (AvgIpc) is 3.16. The predicted molar refractivity (Wildman–Crippen MR) is 129 cm³/mol. The number of likely N-dealkylation sites (N-methyl/N-ethyl adjacent to an activating group) is 1. The second kappa shape index (κ2) is 9.70. The minimum Gasteiger partial charge on any atom is -0.355 e. The Kier molecular flexibility index (Phi) is 6.77. The lowest BCUT2D eigenvalue weighted by molar-refractivity contribution is 0.311. The first-order valence-corrected chi connectivity index (χ1v) is 11.9. The number of pyridine rings is 1. The number of unbranched alkanes of at least 4 members (excludes halogenated alkanes) is 5. The smallest absolute Gasteiger partial charge is 0.157 e. The number of imidazole rings is 1. The summed E-state index contributed by atoms with van der Waals surface area (Å²) in [6.45, 7) is 8.52. The van der Waals surface area contributed by atoms with E-state index in [9.17, 15) is 5.26 Å². The zero-order valence-corrected chi connectivity index (χ0v) is 19.3. The van der Waals surface area contributed by atoms with E-state index in [0.29, 0.717) is 0 Å². The summed E-state index contributed by atoms with van der Waals surface area (Å²) < 4.78 is 2.28. The van der Waals surface area contributed by atoms with Crippen molar-refractivity contribution in [2.45, 2.75) is 58.8 Å². The van der Waals surface area contributed by atoms with Gasteiger partial charge in [0.05, 0.1) is 16.6 Å². The molecule has 0 radical (unpaired) electrons. The molecule has 0 N–H and O–H groups in total. The summed E-state index contributed by atoms with van der Waals surface area (Å²) >= 11 is 0. The first-order valence-electron chi connectivity index (χ1n) is 11.9. The van der Waals surface area contributed by atoms with Crippen LogP contribution in [-0.2, 0) is 6.42 Å². The molecule has 0 aliphatic carbocycles. The van der Waals surface area contributed by atoms with Gasteiger partial charge in [-0.15, -0.1) is 0 Å². The molecule has 1 aromatic carbocycles. The maximum absolute atomic E-state index is 10.0. The van der Waals surface area contributed by atoms with Crippen LogP contribution in [0.4, 0.5) is 5.82 Å². The van der Waals surface area contributed by atoms with Crippen LogP contribution in [-0.4, -0.2) is 47.5 Å². The number of anilines is 1. The molecule has 1 aliphatic rings. The molecule has 1 aliphatic heterocycles. The van der Waals surface area contributed by atoms with E-state index in [1.165, 1.54) is 49.9 Å². The number of para-hydroxylation sites is 2.